The minimum Gasteiger partial charge on any atom is -0.465 e. The van der Waals surface area contributed by atoms with Crippen molar-refractivity contribution in [3.63, 3.8) is 0 Å². The summed E-state index contributed by atoms with van der Waals surface area (Å²) in [4.78, 5) is 36.7. The molecule has 0 bridgehead atoms. The molecular weight excluding hydrogens is 354 g/mol. The molecule has 1 amide bonds. The number of esters is 2. The topological polar surface area (TPSA) is 81.7 Å². The first-order valence-electron chi connectivity index (χ1n) is 8.01. The second-order valence-electron chi connectivity index (χ2n) is 5.85. The van der Waals surface area contributed by atoms with Crippen LogP contribution in [0.3, 0.4) is 0 Å². The molecule has 7 heteroatoms. The summed E-state index contributed by atoms with van der Waals surface area (Å²) in [5.74, 6) is -1.51. The first kappa shape index (κ1) is 19.7. The Kier molecular flexibility index (Phi) is 6.52. The highest BCUT2D eigenvalue weighted by atomic mass is 32.1. The first-order chi connectivity index (χ1) is 12.3. The second-order valence-corrected chi connectivity index (χ2v) is 7.07. The molecule has 2 aromatic rings. The monoisotopic (exact) mass is 375 g/mol. The Bertz CT molecular complexity index is 823. The van der Waals surface area contributed by atoms with Gasteiger partial charge in [0.15, 0.2) is 6.61 Å². The summed E-state index contributed by atoms with van der Waals surface area (Å²) in [6, 6.07) is 7.50. The van der Waals surface area contributed by atoms with Crippen LogP contribution < -0.4 is 5.32 Å². The molecule has 0 aliphatic carbocycles. The zero-order valence-corrected chi connectivity index (χ0v) is 16.0. The molecule has 0 saturated carbocycles. The van der Waals surface area contributed by atoms with Crippen molar-refractivity contribution in [2.45, 2.75) is 27.2 Å². The number of amides is 1. The minimum absolute atomic E-state index is 0.0954. The number of ether oxygens (including phenoxy) is 2. The van der Waals surface area contributed by atoms with E-state index in [4.69, 9.17) is 9.47 Å². The molecule has 0 saturated heterocycles. The summed E-state index contributed by atoms with van der Waals surface area (Å²) in [6.07, 6.45) is 0.0954. The van der Waals surface area contributed by atoms with Crippen LogP contribution in [0, 0.1) is 20.8 Å². The summed E-state index contributed by atoms with van der Waals surface area (Å²) >= 11 is 1.28. The van der Waals surface area contributed by atoms with Crippen molar-refractivity contribution in [1.29, 1.82) is 0 Å². The van der Waals surface area contributed by atoms with Gasteiger partial charge in [-0.05, 0) is 31.9 Å². The van der Waals surface area contributed by atoms with E-state index in [0.29, 0.717) is 10.6 Å². The van der Waals surface area contributed by atoms with Crippen molar-refractivity contribution in [2.24, 2.45) is 0 Å². The largest absolute Gasteiger partial charge is 0.465 e. The van der Waals surface area contributed by atoms with Crippen molar-refractivity contribution in [1.82, 2.24) is 0 Å². The van der Waals surface area contributed by atoms with Crippen molar-refractivity contribution in [3.05, 3.63) is 51.4 Å². The number of nitrogens with one attached hydrogen (secondary N) is 1. The summed E-state index contributed by atoms with van der Waals surface area (Å²) in [7, 11) is 1.28. The molecule has 0 fully saturated rings. The van der Waals surface area contributed by atoms with E-state index in [9.17, 15) is 14.4 Å². The highest BCUT2D eigenvalue weighted by Gasteiger charge is 2.21. The molecule has 1 heterocycles. The summed E-state index contributed by atoms with van der Waals surface area (Å²) in [5.41, 5.74) is 3.01. The van der Waals surface area contributed by atoms with Gasteiger partial charge >= 0.3 is 11.9 Å². The van der Waals surface area contributed by atoms with E-state index in [1.54, 1.807) is 6.92 Å². The molecule has 1 aromatic heterocycles. The van der Waals surface area contributed by atoms with Crippen LogP contribution >= 0.6 is 11.3 Å². The lowest BCUT2D eigenvalue weighted by molar-refractivity contribution is -0.146. The van der Waals surface area contributed by atoms with E-state index in [2.05, 4.69) is 5.32 Å². The van der Waals surface area contributed by atoms with Gasteiger partial charge in [0.2, 0.25) is 0 Å². The van der Waals surface area contributed by atoms with Crippen molar-refractivity contribution in [3.8, 4) is 0 Å². The Labute approximate surface area is 156 Å². The fourth-order valence-corrected chi connectivity index (χ4v) is 3.36. The normalized spacial score (nSPS) is 10.3. The number of hydrogen-bond donors (Lipinski definition) is 1. The maximum atomic E-state index is 12.1. The van der Waals surface area contributed by atoms with Crippen LogP contribution in [0.15, 0.2) is 24.3 Å². The fourth-order valence-electron chi connectivity index (χ4n) is 2.30. The average molecular weight is 375 g/mol. The van der Waals surface area contributed by atoms with E-state index in [1.807, 2.05) is 38.1 Å². The van der Waals surface area contributed by atoms with Gasteiger partial charge < -0.3 is 14.8 Å². The Morgan fingerprint density at radius 3 is 2.35 bits per heavy atom. The zero-order valence-electron chi connectivity index (χ0n) is 15.2. The molecule has 26 heavy (non-hydrogen) atoms. The highest BCUT2D eigenvalue weighted by Crippen LogP contribution is 2.32. The van der Waals surface area contributed by atoms with E-state index in [0.717, 1.165) is 21.6 Å². The summed E-state index contributed by atoms with van der Waals surface area (Å²) in [5, 5.41) is 3.01. The smallest absolute Gasteiger partial charge is 0.341 e. The van der Waals surface area contributed by atoms with Crippen molar-refractivity contribution in [2.75, 3.05) is 19.0 Å². The van der Waals surface area contributed by atoms with Crippen LogP contribution in [0.1, 0.15) is 31.9 Å². The van der Waals surface area contributed by atoms with Gasteiger partial charge in [-0.1, -0.05) is 29.8 Å². The van der Waals surface area contributed by atoms with Crippen LogP contribution in [-0.4, -0.2) is 31.6 Å². The second kappa shape index (κ2) is 8.62. The first-order valence-corrected chi connectivity index (χ1v) is 8.82. The van der Waals surface area contributed by atoms with Crippen LogP contribution in [0.25, 0.3) is 0 Å². The number of benzene rings is 1. The number of methoxy groups -OCH3 is 1. The molecule has 0 spiro atoms. The lowest BCUT2D eigenvalue weighted by Gasteiger charge is -2.07. The number of thiophene rings is 1. The van der Waals surface area contributed by atoms with Gasteiger partial charge in [0, 0.05) is 4.88 Å². The third-order valence-electron chi connectivity index (χ3n) is 3.86. The predicted octanol–water partition coefficient (Wildman–Crippen LogP) is 3.18. The number of rotatable bonds is 6. The van der Waals surface area contributed by atoms with Gasteiger partial charge in [-0.15, -0.1) is 11.3 Å². The predicted molar refractivity (Wildman–Crippen MR) is 99.6 cm³/mol. The number of hydrogen-bond acceptors (Lipinski definition) is 6. The lowest BCUT2D eigenvalue weighted by Crippen LogP contribution is -2.22. The van der Waals surface area contributed by atoms with Crippen LogP contribution in [0.4, 0.5) is 5.00 Å². The van der Waals surface area contributed by atoms with Gasteiger partial charge in [0.05, 0.1) is 19.1 Å². The maximum Gasteiger partial charge on any atom is 0.341 e. The molecule has 6 nitrogen and oxygen atoms in total. The van der Waals surface area contributed by atoms with Crippen LogP contribution in [0.5, 0.6) is 0 Å². The molecule has 1 N–H and O–H groups in total. The Balaban J connectivity index is 1.93. The maximum absolute atomic E-state index is 12.1. The quantitative estimate of drug-likeness (QED) is 0.784. The third-order valence-corrected chi connectivity index (χ3v) is 4.98. The zero-order chi connectivity index (χ0) is 19.3. The van der Waals surface area contributed by atoms with Gasteiger partial charge in [0.25, 0.3) is 5.91 Å². The molecule has 0 aliphatic rings. The van der Waals surface area contributed by atoms with E-state index >= 15 is 0 Å². The fraction of sp³-hybridized carbons (Fsp3) is 0.316. The van der Waals surface area contributed by atoms with Gasteiger partial charge in [-0.25, -0.2) is 4.79 Å². The molecule has 0 aliphatic heterocycles. The Morgan fingerprint density at radius 2 is 1.73 bits per heavy atom. The SMILES string of the molecule is COC(=O)c1c(NC(=O)COC(=O)Cc2ccc(C)cc2)sc(C)c1C. The van der Waals surface area contributed by atoms with Crippen molar-refractivity contribution >= 4 is 34.2 Å². The lowest BCUT2D eigenvalue weighted by atomic mass is 10.1. The average Bonchev–Trinajstić information content (AvgIpc) is 2.88. The van der Waals surface area contributed by atoms with E-state index in [-0.39, 0.29) is 6.42 Å². The van der Waals surface area contributed by atoms with Gasteiger partial charge in [0.1, 0.15) is 5.00 Å². The van der Waals surface area contributed by atoms with E-state index < -0.39 is 24.5 Å². The summed E-state index contributed by atoms with van der Waals surface area (Å²) < 4.78 is 9.77. The van der Waals surface area contributed by atoms with Gasteiger partial charge in [-0.3, -0.25) is 9.59 Å². The van der Waals surface area contributed by atoms with Gasteiger partial charge in [-0.2, -0.15) is 0 Å². The third kappa shape index (κ3) is 4.92. The number of carbonyl (C=O) groups is 3. The molecule has 0 unspecified atom stereocenters. The van der Waals surface area contributed by atoms with Crippen LogP contribution in [-0.2, 0) is 25.5 Å². The highest BCUT2D eigenvalue weighted by molar-refractivity contribution is 7.16. The van der Waals surface area contributed by atoms with Crippen molar-refractivity contribution < 1.29 is 23.9 Å². The standard InChI is InChI=1S/C19H21NO5S/c1-11-5-7-14(8-6-11)9-16(22)25-10-15(21)20-18-17(19(23)24-4)12(2)13(3)26-18/h5-8H,9-10H2,1-4H3,(H,20,21). The molecule has 2 rings (SSSR count). The molecule has 0 radical (unpaired) electrons. The summed E-state index contributed by atoms with van der Waals surface area (Å²) in [6.45, 7) is 5.18. The molecule has 138 valence electrons. The number of carbonyl (C=O) groups excluding carboxylic acids is 3. The molecule has 0 atom stereocenters. The number of aryl methyl sites for hydroxylation is 2. The van der Waals surface area contributed by atoms with Crippen LogP contribution in [0.2, 0.25) is 0 Å². The number of anilines is 1. The minimum atomic E-state index is -0.515. The molecule has 1 aromatic carbocycles. The Morgan fingerprint density at radius 1 is 1.08 bits per heavy atom. The van der Waals surface area contributed by atoms with E-state index in [1.165, 1.54) is 18.4 Å². The Hall–Kier alpha value is -2.67. The molecular formula is C19H21NO5S.